The van der Waals surface area contributed by atoms with E-state index in [0.717, 1.165) is 30.6 Å². The Balaban J connectivity index is 2.40. The maximum atomic E-state index is 11.8. The number of rotatable bonds is 6. The van der Waals surface area contributed by atoms with Crippen LogP contribution in [0.3, 0.4) is 0 Å². The summed E-state index contributed by atoms with van der Waals surface area (Å²) in [5.41, 5.74) is 2.20. The molecule has 0 spiro atoms. The molecule has 0 fully saturated rings. The molecule has 0 aliphatic heterocycles. The van der Waals surface area contributed by atoms with E-state index in [-0.39, 0.29) is 5.91 Å². The number of nitrogens with zero attached hydrogens (tertiary/aromatic N) is 1. The molecule has 0 atom stereocenters. The molecule has 0 radical (unpaired) electrons. The van der Waals surface area contributed by atoms with Gasteiger partial charge in [-0.05, 0) is 25.0 Å². The van der Waals surface area contributed by atoms with Gasteiger partial charge in [0.25, 0.3) is 0 Å². The van der Waals surface area contributed by atoms with E-state index >= 15 is 0 Å². The number of benzene rings is 1. The Labute approximate surface area is 104 Å². The number of amides is 1. The first-order chi connectivity index (χ1) is 8.15. The van der Waals surface area contributed by atoms with Crippen molar-refractivity contribution < 1.29 is 4.79 Å². The Morgan fingerprint density at radius 1 is 1.35 bits per heavy atom. The summed E-state index contributed by atoms with van der Waals surface area (Å²) in [6, 6.07) is 8.00. The summed E-state index contributed by atoms with van der Waals surface area (Å²) in [6.45, 7) is 5.37. The van der Waals surface area contributed by atoms with Crippen molar-refractivity contribution in [1.29, 1.82) is 0 Å². The second-order valence-electron chi connectivity index (χ2n) is 4.34. The molecule has 0 aromatic heterocycles. The van der Waals surface area contributed by atoms with Gasteiger partial charge in [0.1, 0.15) is 0 Å². The Morgan fingerprint density at radius 3 is 2.71 bits per heavy atom. The van der Waals surface area contributed by atoms with E-state index in [9.17, 15) is 4.79 Å². The van der Waals surface area contributed by atoms with Crippen LogP contribution in [-0.2, 0) is 4.79 Å². The van der Waals surface area contributed by atoms with Gasteiger partial charge in [-0.1, -0.05) is 31.5 Å². The first-order valence-electron chi connectivity index (χ1n) is 6.18. The molecule has 1 amide bonds. The quantitative estimate of drug-likeness (QED) is 0.820. The molecule has 0 aliphatic carbocycles. The van der Waals surface area contributed by atoms with E-state index in [0.29, 0.717) is 6.54 Å². The molecule has 1 rings (SSSR count). The number of anilines is 1. The third-order valence-electron chi connectivity index (χ3n) is 2.85. The van der Waals surface area contributed by atoms with Crippen LogP contribution < -0.4 is 5.32 Å². The fourth-order valence-corrected chi connectivity index (χ4v) is 1.60. The largest absolute Gasteiger partial charge is 0.376 e. The van der Waals surface area contributed by atoms with Crippen LogP contribution in [0.1, 0.15) is 25.3 Å². The van der Waals surface area contributed by atoms with Gasteiger partial charge in [0.15, 0.2) is 0 Å². The summed E-state index contributed by atoms with van der Waals surface area (Å²) in [6.07, 6.45) is 2.18. The standard InChI is InChI=1S/C14H22N2O/c1-4-5-10-16(3)14(17)11-15-13-9-7-6-8-12(13)2/h6-9,15H,4-5,10-11H2,1-3H3. The summed E-state index contributed by atoms with van der Waals surface area (Å²) in [7, 11) is 1.86. The average molecular weight is 234 g/mol. The van der Waals surface area contributed by atoms with E-state index < -0.39 is 0 Å². The number of carbonyl (C=O) groups is 1. The van der Waals surface area contributed by atoms with E-state index in [4.69, 9.17) is 0 Å². The first kappa shape index (κ1) is 13.6. The van der Waals surface area contributed by atoms with Crippen molar-refractivity contribution in [2.45, 2.75) is 26.7 Å². The maximum absolute atomic E-state index is 11.8. The molecule has 17 heavy (non-hydrogen) atoms. The molecule has 1 aromatic rings. The number of nitrogens with one attached hydrogen (secondary N) is 1. The second-order valence-corrected chi connectivity index (χ2v) is 4.34. The summed E-state index contributed by atoms with van der Waals surface area (Å²) < 4.78 is 0. The van der Waals surface area contributed by atoms with Crippen LogP contribution in [0.2, 0.25) is 0 Å². The average Bonchev–Trinajstić information content (AvgIpc) is 2.34. The van der Waals surface area contributed by atoms with Crippen molar-refractivity contribution in [2.24, 2.45) is 0 Å². The molecule has 1 aromatic carbocycles. The molecule has 0 unspecified atom stereocenters. The first-order valence-corrected chi connectivity index (χ1v) is 6.18. The monoisotopic (exact) mass is 234 g/mol. The van der Waals surface area contributed by atoms with Gasteiger partial charge in [0, 0.05) is 19.3 Å². The lowest BCUT2D eigenvalue weighted by molar-refractivity contribution is -0.128. The van der Waals surface area contributed by atoms with Crippen LogP contribution in [0, 0.1) is 6.92 Å². The van der Waals surface area contributed by atoms with E-state index in [1.54, 1.807) is 4.90 Å². The number of hydrogen-bond donors (Lipinski definition) is 1. The fourth-order valence-electron chi connectivity index (χ4n) is 1.60. The van der Waals surface area contributed by atoms with Gasteiger partial charge < -0.3 is 10.2 Å². The van der Waals surface area contributed by atoms with Crippen LogP contribution in [0.5, 0.6) is 0 Å². The third kappa shape index (κ3) is 4.47. The highest BCUT2D eigenvalue weighted by Crippen LogP contribution is 2.12. The van der Waals surface area contributed by atoms with Crippen LogP contribution in [-0.4, -0.2) is 30.9 Å². The van der Waals surface area contributed by atoms with Gasteiger partial charge >= 0.3 is 0 Å². The highest BCUT2D eigenvalue weighted by atomic mass is 16.2. The molecule has 3 heteroatoms. The van der Waals surface area contributed by atoms with E-state index in [1.807, 2.05) is 38.2 Å². The number of hydrogen-bond acceptors (Lipinski definition) is 2. The summed E-state index contributed by atoms with van der Waals surface area (Å²) in [5.74, 6) is 0.140. The molecule has 0 aliphatic rings. The normalized spacial score (nSPS) is 10.1. The number of para-hydroxylation sites is 1. The predicted octanol–water partition coefficient (Wildman–Crippen LogP) is 2.67. The van der Waals surface area contributed by atoms with Crippen molar-refractivity contribution in [3.63, 3.8) is 0 Å². The number of carbonyl (C=O) groups excluding carboxylic acids is 1. The summed E-state index contributed by atoms with van der Waals surface area (Å²) in [5, 5.41) is 3.18. The molecule has 94 valence electrons. The van der Waals surface area contributed by atoms with Crippen molar-refractivity contribution in [2.75, 3.05) is 25.5 Å². The topological polar surface area (TPSA) is 32.3 Å². The van der Waals surface area contributed by atoms with Crippen molar-refractivity contribution in [1.82, 2.24) is 4.90 Å². The van der Waals surface area contributed by atoms with Gasteiger partial charge in [0.2, 0.25) is 5.91 Å². The number of aryl methyl sites for hydroxylation is 1. The molecule has 0 bridgehead atoms. The van der Waals surface area contributed by atoms with Crippen molar-refractivity contribution in [3.05, 3.63) is 29.8 Å². The molecule has 1 N–H and O–H groups in total. The van der Waals surface area contributed by atoms with Gasteiger partial charge in [-0.3, -0.25) is 4.79 Å². The van der Waals surface area contributed by atoms with E-state index in [2.05, 4.69) is 12.2 Å². The minimum absolute atomic E-state index is 0.140. The lowest BCUT2D eigenvalue weighted by Crippen LogP contribution is -2.33. The second kappa shape index (κ2) is 6.94. The molecule has 0 heterocycles. The Kier molecular flexibility index (Phi) is 5.53. The van der Waals surface area contributed by atoms with Crippen molar-refractivity contribution in [3.8, 4) is 0 Å². The van der Waals surface area contributed by atoms with Gasteiger partial charge in [-0.15, -0.1) is 0 Å². The molecular formula is C14H22N2O. The smallest absolute Gasteiger partial charge is 0.241 e. The van der Waals surface area contributed by atoms with E-state index in [1.165, 1.54) is 0 Å². The zero-order valence-corrected chi connectivity index (χ0v) is 11.0. The fraction of sp³-hybridized carbons (Fsp3) is 0.500. The summed E-state index contributed by atoms with van der Waals surface area (Å²) >= 11 is 0. The molecule has 3 nitrogen and oxygen atoms in total. The van der Waals surface area contributed by atoms with Gasteiger partial charge in [-0.2, -0.15) is 0 Å². The lowest BCUT2D eigenvalue weighted by Gasteiger charge is -2.17. The Morgan fingerprint density at radius 2 is 2.06 bits per heavy atom. The molecule has 0 saturated carbocycles. The summed E-state index contributed by atoms with van der Waals surface area (Å²) in [4.78, 5) is 13.6. The highest BCUT2D eigenvalue weighted by Gasteiger charge is 2.07. The van der Waals surface area contributed by atoms with Gasteiger partial charge in [0.05, 0.1) is 6.54 Å². The lowest BCUT2D eigenvalue weighted by atomic mass is 10.2. The molecular weight excluding hydrogens is 212 g/mol. The maximum Gasteiger partial charge on any atom is 0.241 e. The third-order valence-corrected chi connectivity index (χ3v) is 2.85. The van der Waals surface area contributed by atoms with Crippen LogP contribution in [0.4, 0.5) is 5.69 Å². The number of likely N-dealkylation sites (N-methyl/N-ethyl adjacent to an activating group) is 1. The van der Waals surface area contributed by atoms with Crippen LogP contribution in [0.25, 0.3) is 0 Å². The predicted molar refractivity (Wildman–Crippen MR) is 72.2 cm³/mol. The zero-order valence-electron chi connectivity index (χ0n) is 11.0. The number of unbranched alkanes of at least 4 members (excludes halogenated alkanes) is 1. The Bertz CT molecular complexity index is 363. The van der Waals surface area contributed by atoms with Crippen molar-refractivity contribution >= 4 is 11.6 Å². The van der Waals surface area contributed by atoms with Crippen LogP contribution >= 0.6 is 0 Å². The minimum Gasteiger partial charge on any atom is -0.376 e. The Hall–Kier alpha value is -1.51. The van der Waals surface area contributed by atoms with Crippen LogP contribution in [0.15, 0.2) is 24.3 Å². The minimum atomic E-state index is 0.140. The molecule has 0 saturated heterocycles. The zero-order chi connectivity index (χ0) is 12.7. The highest BCUT2D eigenvalue weighted by molar-refractivity contribution is 5.80. The SMILES string of the molecule is CCCCN(C)C(=O)CNc1ccccc1C. The van der Waals surface area contributed by atoms with Gasteiger partial charge in [-0.25, -0.2) is 0 Å².